The zero-order valence-electron chi connectivity index (χ0n) is 9.71. The van der Waals surface area contributed by atoms with Gasteiger partial charge in [0.15, 0.2) is 0 Å². The van der Waals surface area contributed by atoms with E-state index in [1.165, 1.54) is 6.92 Å². The number of carbonyl (C=O) groups is 2. The van der Waals surface area contributed by atoms with E-state index < -0.39 is 15.7 Å². The molecule has 9 heteroatoms. The number of anilines is 1. The summed E-state index contributed by atoms with van der Waals surface area (Å²) in [6, 6.07) is 1.72. The van der Waals surface area contributed by atoms with Gasteiger partial charge >= 0.3 is 5.97 Å². The van der Waals surface area contributed by atoms with Crippen molar-refractivity contribution in [2.24, 2.45) is 0 Å². The van der Waals surface area contributed by atoms with Crippen molar-refractivity contribution in [2.75, 3.05) is 12.4 Å². The second-order valence-electron chi connectivity index (χ2n) is 3.29. The number of ether oxygens (including phenoxy) is 1. The summed E-state index contributed by atoms with van der Waals surface area (Å²) in [5.74, 6) is -1.97. The van der Waals surface area contributed by atoms with Crippen molar-refractivity contribution in [3.63, 3.8) is 0 Å². The van der Waals surface area contributed by atoms with Gasteiger partial charge in [-0.1, -0.05) is 34.8 Å². The molecule has 0 aliphatic rings. The van der Waals surface area contributed by atoms with E-state index in [4.69, 9.17) is 44.5 Å². The Bertz CT molecular complexity index is 569. The number of methoxy groups -OCH3 is 1. The molecule has 0 radical (unpaired) electrons. The molecular formula is C10H7Cl3N2O4. The Hall–Kier alpha value is -1.42. The molecule has 0 aliphatic carbocycles. The average molecular weight is 326 g/mol. The van der Waals surface area contributed by atoms with Gasteiger partial charge in [0.05, 0.1) is 7.11 Å². The zero-order valence-corrected chi connectivity index (χ0v) is 12.0. The highest BCUT2D eigenvalue weighted by molar-refractivity contribution is 6.76. The molecular weight excluding hydrogens is 318 g/mol. The molecule has 1 aromatic rings. The lowest BCUT2D eigenvalue weighted by Crippen LogP contribution is -2.27. The summed E-state index contributed by atoms with van der Waals surface area (Å²) >= 11 is 16.1. The van der Waals surface area contributed by atoms with E-state index in [9.17, 15) is 9.59 Å². The quantitative estimate of drug-likeness (QED) is 0.666. The molecule has 102 valence electrons. The molecule has 1 heterocycles. The molecule has 0 saturated heterocycles. The first-order valence-corrected chi connectivity index (χ1v) is 5.85. The number of nitrogens with one attached hydrogen (secondary N) is 1. The third kappa shape index (κ3) is 3.32. The number of esters is 1. The molecule has 1 aromatic heterocycles. The van der Waals surface area contributed by atoms with Gasteiger partial charge in [-0.05, 0) is 6.92 Å². The van der Waals surface area contributed by atoms with Gasteiger partial charge < -0.3 is 9.15 Å². The summed E-state index contributed by atoms with van der Waals surface area (Å²) in [5, 5.41) is 11.1. The van der Waals surface area contributed by atoms with Crippen molar-refractivity contribution in [1.29, 1.82) is 5.26 Å². The van der Waals surface area contributed by atoms with Crippen molar-refractivity contribution in [3.05, 3.63) is 16.9 Å². The number of furan rings is 1. The normalized spacial score (nSPS) is 10.7. The van der Waals surface area contributed by atoms with Gasteiger partial charge in [-0.2, -0.15) is 5.26 Å². The summed E-state index contributed by atoms with van der Waals surface area (Å²) in [7, 11) is 1.15. The van der Waals surface area contributed by atoms with Gasteiger partial charge in [0.25, 0.3) is 9.70 Å². The summed E-state index contributed by atoms with van der Waals surface area (Å²) in [6.45, 7) is 1.43. The number of nitrogens with zero attached hydrogens (tertiary/aromatic N) is 1. The van der Waals surface area contributed by atoms with E-state index in [0.717, 1.165) is 7.11 Å². The van der Waals surface area contributed by atoms with E-state index in [-0.39, 0.29) is 22.8 Å². The third-order valence-corrected chi connectivity index (χ3v) is 2.59. The zero-order chi connectivity index (χ0) is 14.8. The molecule has 0 aromatic carbocycles. The number of amides is 1. The van der Waals surface area contributed by atoms with Crippen LogP contribution in [0.5, 0.6) is 0 Å². The summed E-state index contributed by atoms with van der Waals surface area (Å²) in [6.07, 6.45) is 0. The van der Waals surface area contributed by atoms with E-state index in [1.54, 1.807) is 6.07 Å². The molecule has 0 spiro atoms. The summed E-state index contributed by atoms with van der Waals surface area (Å²) in [5.41, 5.74) is -0.295. The molecule has 1 N–H and O–H groups in total. The number of aryl methyl sites for hydroxylation is 1. The van der Waals surface area contributed by atoms with E-state index in [2.05, 4.69) is 10.1 Å². The van der Waals surface area contributed by atoms with Crippen LogP contribution in [0.2, 0.25) is 0 Å². The van der Waals surface area contributed by atoms with Crippen molar-refractivity contribution in [3.8, 4) is 6.07 Å². The lowest BCUT2D eigenvalue weighted by atomic mass is 10.1. The second-order valence-corrected chi connectivity index (χ2v) is 5.57. The lowest BCUT2D eigenvalue weighted by molar-refractivity contribution is -0.115. The van der Waals surface area contributed by atoms with Gasteiger partial charge in [0.1, 0.15) is 23.0 Å². The monoisotopic (exact) mass is 324 g/mol. The maximum absolute atomic E-state index is 11.5. The molecule has 0 atom stereocenters. The third-order valence-electron chi connectivity index (χ3n) is 2.07. The first kappa shape index (κ1) is 15.6. The predicted molar refractivity (Wildman–Crippen MR) is 68.4 cm³/mol. The highest BCUT2D eigenvalue weighted by Gasteiger charge is 2.33. The Morgan fingerprint density at radius 1 is 1.42 bits per heavy atom. The fraction of sp³-hybridized carbons (Fsp3) is 0.300. The Morgan fingerprint density at radius 2 is 2.00 bits per heavy atom. The Morgan fingerprint density at radius 3 is 2.42 bits per heavy atom. The molecule has 19 heavy (non-hydrogen) atoms. The van der Waals surface area contributed by atoms with Crippen LogP contribution in [0.4, 0.5) is 5.88 Å². The molecule has 1 rings (SSSR count). The molecule has 0 saturated carbocycles. The Labute approximate surface area is 123 Å². The van der Waals surface area contributed by atoms with Gasteiger partial charge in [-0.3, -0.25) is 10.1 Å². The standard InChI is InChI=1S/C10H7Cl3N2O4/c1-4-6(8(16)18-2)5(3-14)7(19-4)15-9(17)10(11,12)13/h1-2H3,(H,15,17). The second kappa shape index (κ2) is 5.70. The molecule has 1 amide bonds. The Balaban J connectivity index is 3.22. The van der Waals surface area contributed by atoms with E-state index >= 15 is 0 Å². The SMILES string of the molecule is COC(=O)c1c(C)oc(NC(=O)C(Cl)(Cl)Cl)c1C#N. The van der Waals surface area contributed by atoms with Crippen LogP contribution in [0.1, 0.15) is 21.7 Å². The van der Waals surface area contributed by atoms with Crippen LogP contribution < -0.4 is 5.32 Å². The van der Waals surface area contributed by atoms with Crippen LogP contribution in [0, 0.1) is 18.3 Å². The van der Waals surface area contributed by atoms with E-state index in [1.807, 2.05) is 0 Å². The van der Waals surface area contributed by atoms with Gasteiger partial charge in [0.2, 0.25) is 5.88 Å². The fourth-order valence-electron chi connectivity index (χ4n) is 1.26. The number of hydrogen-bond donors (Lipinski definition) is 1. The minimum absolute atomic E-state index is 0.0929. The highest BCUT2D eigenvalue weighted by atomic mass is 35.6. The highest BCUT2D eigenvalue weighted by Crippen LogP contribution is 2.31. The number of halogens is 3. The first-order valence-electron chi connectivity index (χ1n) is 4.72. The number of carbonyl (C=O) groups excluding carboxylic acids is 2. The van der Waals surface area contributed by atoms with E-state index in [0.29, 0.717) is 0 Å². The maximum atomic E-state index is 11.5. The van der Waals surface area contributed by atoms with Crippen LogP contribution in [0.25, 0.3) is 0 Å². The molecule has 6 nitrogen and oxygen atoms in total. The van der Waals surface area contributed by atoms with Crippen molar-refractivity contribution in [2.45, 2.75) is 10.7 Å². The van der Waals surface area contributed by atoms with Gasteiger partial charge in [-0.15, -0.1) is 0 Å². The molecule has 0 bridgehead atoms. The number of rotatable bonds is 2. The number of hydrogen-bond acceptors (Lipinski definition) is 5. The minimum Gasteiger partial charge on any atom is -0.465 e. The summed E-state index contributed by atoms with van der Waals surface area (Å²) < 4.78 is 7.38. The number of alkyl halides is 3. The first-order chi connectivity index (χ1) is 8.72. The van der Waals surface area contributed by atoms with Crippen molar-refractivity contribution < 1.29 is 18.7 Å². The van der Waals surface area contributed by atoms with Gasteiger partial charge in [-0.25, -0.2) is 4.79 Å². The predicted octanol–water partition coefficient (Wildman–Crippen LogP) is 2.56. The summed E-state index contributed by atoms with van der Waals surface area (Å²) in [4.78, 5) is 23.0. The average Bonchev–Trinajstić information content (AvgIpc) is 2.62. The minimum atomic E-state index is -2.22. The smallest absolute Gasteiger partial charge is 0.342 e. The van der Waals surface area contributed by atoms with Crippen LogP contribution in [-0.4, -0.2) is 22.8 Å². The van der Waals surface area contributed by atoms with Crippen molar-refractivity contribution >= 4 is 52.6 Å². The lowest BCUT2D eigenvalue weighted by Gasteiger charge is -2.09. The maximum Gasteiger partial charge on any atom is 0.342 e. The molecule has 0 aliphatic heterocycles. The molecule has 0 fully saturated rings. The van der Waals surface area contributed by atoms with Crippen LogP contribution in [0.3, 0.4) is 0 Å². The van der Waals surface area contributed by atoms with Crippen LogP contribution >= 0.6 is 34.8 Å². The van der Waals surface area contributed by atoms with Crippen molar-refractivity contribution in [1.82, 2.24) is 0 Å². The largest absolute Gasteiger partial charge is 0.465 e. The topological polar surface area (TPSA) is 92.3 Å². The molecule has 0 unspecified atom stereocenters. The van der Waals surface area contributed by atoms with Crippen LogP contribution in [-0.2, 0) is 9.53 Å². The van der Waals surface area contributed by atoms with Gasteiger partial charge in [0, 0.05) is 0 Å². The fourth-order valence-corrected chi connectivity index (χ4v) is 1.40. The number of nitriles is 1. The Kier molecular flexibility index (Phi) is 4.69. The van der Waals surface area contributed by atoms with Crippen LogP contribution in [0.15, 0.2) is 4.42 Å².